The van der Waals surface area contributed by atoms with E-state index < -0.39 is 0 Å². The second kappa shape index (κ2) is 3.57. The number of hydrogen-bond acceptors (Lipinski definition) is 5. The van der Waals surface area contributed by atoms with Gasteiger partial charge in [0, 0.05) is 6.04 Å². The Hall–Kier alpha value is -1.10. The minimum atomic E-state index is 0.232. The van der Waals surface area contributed by atoms with Crippen LogP contribution in [0.4, 0.5) is 5.95 Å². The number of aromatic nitrogens is 2. The molecule has 2 rings (SSSR count). The quantitative estimate of drug-likeness (QED) is 0.769. The van der Waals surface area contributed by atoms with Gasteiger partial charge < -0.3 is 10.3 Å². The van der Waals surface area contributed by atoms with Gasteiger partial charge in [-0.3, -0.25) is 4.90 Å². The molecule has 0 radical (unpaired) electrons. The third-order valence-electron chi connectivity index (χ3n) is 2.70. The number of anilines is 1. The summed E-state index contributed by atoms with van der Waals surface area (Å²) in [7, 11) is 0. The molecule has 0 aliphatic carbocycles. The van der Waals surface area contributed by atoms with Gasteiger partial charge in [0.05, 0.1) is 6.04 Å². The first-order chi connectivity index (χ1) is 6.68. The second-order valence-corrected chi connectivity index (χ2v) is 3.98. The largest absolute Gasteiger partial charge is 0.365 e. The highest BCUT2D eigenvalue weighted by Gasteiger charge is 2.31. The normalized spacial score (nSPS) is 23.5. The number of hydrogen-bond donors (Lipinski definition) is 1. The zero-order valence-corrected chi connectivity index (χ0v) is 8.60. The van der Waals surface area contributed by atoms with Crippen LogP contribution in [0.25, 0.3) is 0 Å². The first kappa shape index (κ1) is 9.45. The third kappa shape index (κ3) is 1.59. The first-order valence-electron chi connectivity index (χ1n) is 5.03. The summed E-state index contributed by atoms with van der Waals surface area (Å²) in [4.78, 5) is 6.45. The minimum Gasteiger partial charge on any atom is -0.365 e. The van der Waals surface area contributed by atoms with E-state index in [1.807, 2.05) is 0 Å². The maximum absolute atomic E-state index is 5.43. The van der Waals surface area contributed by atoms with Crippen molar-refractivity contribution in [1.82, 2.24) is 15.0 Å². The summed E-state index contributed by atoms with van der Waals surface area (Å²) in [6.45, 7) is 5.46. The molecule has 0 bridgehead atoms. The molecule has 2 heterocycles. The topological polar surface area (TPSA) is 68.2 Å². The van der Waals surface area contributed by atoms with Gasteiger partial charge in [-0.05, 0) is 38.4 Å². The van der Waals surface area contributed by atoms with Crippen LogP contribution in [0.5, 0.6) is 0 Å². The lowest BCUT2D eigenvalue weighted by Gasteiger charge is -2.25. The highest BCUT2D eigenvalue weighted by Crippen LogP contribution is 2.32. The Morgan fingerprint density at radius 1 is 1.57 bits per heavy atom. The number of nitrogen functional groups attached to an aromatic ring is 1. The lowest BCUT2D eigenvalue weighted by molar-refractivity contribution is 0.170. The second-order valence-electron chi connectivity index (χ2n) is 3.98. The van der Waals surface area contributed by atoms with Crippen LogP contribution < -0.4 is 5.73 Å². The monoisotopic (exact) mass is 196 g/mol. The number of likely N-dealkylation sites (tertiary alicyclic amines) is 1. The highest BCUT2D eigenvalue weighted by molar-refractivity contribution is 5.12. The van der Waals surface area contributed by atoms with E-state index in [9.17, 15) is 0 Å². The molecule has 1 aromatic rings. The molecule has 1 fully saturated rings. The van der Waals surface area contributed by atoms with Crippen LogP contribution in [0.3, 0.4) is 0 Å². The fourth-order valence-corrected chi connectivity index (χ4v) is 2.05. The van der Waals surface area contributed by atoms with Crippen molar-refractivity contribution in [3.8, 4) is 0 Å². The van der Waals surface area contributed by atoms with E-state index in [0.717, 1.165) is 13.0 Å². The van der Waals surface area contributed by atoms with Gasteiger partial charge in [-0.25, -0.2) is 0 Å². The van der Waals surface area contributed by atoms with Crippen molar-refractivity contribution in [2.45, 2.75) is 38.8 Å². The van der Waals surface area contributed by atoms with Gasteiger partial charge in [0.25, 0.3) is 5.95 Å². The summed E-state index contributed by atoms with van der Waals surface area (Å²) >= 11 is 0. The maximum atomic E-state index is 5.43. The van der Waals surface area contributed by atoms with Gasteiger partial charge in [-0.2, -0.15) is 4.98 Å². The summed E-state index contributed by atoms with van der Waals surface area (Å²) in [5.41, 5.74) is 5.43. The first-order valence-corrected chi connectivity index (χ1v) is 5.03. The highest BCUT2D eigenvalue weighted by atomic mass is 16.5. The van der Waals surface area contributed by atoms with Crippen molar-refractivity contribution in [1.29, 1.82) is 0 Å². The van der Waals surface area contributed by atoms with Crippen LogP contribution in [-0.2, 0) is 0 Å². The third-order valence-corrected chi connectivity index (χ3v) is 2.70. The van der Waals surface area contributed by atoms with E-state index >= 15 is 0 Å². The molecular weight excluding hydrogens is 180 g/mol. The molecular formula is C9H16N4O. The zero-order valence-electron chi connectivity index (χ0n) is 8.60. The Morgan fingerprint density at radius 2 is 2.36 bits per heavy atom. The Bertz CT molecular complexity index is 310. The van der Waals surface area contributed by atoms with Crippen molar-refractivity contribution < 1.29 is 4.52 Å². The molecule has 0 amide bonds. The fourth-order valence-electron chi connectivity index (χ4n) is 2.05. The number of nitrogens with two attached hydrogens (primary N) is 1. The summed E-state index contributed by atoms with van der Waals surface area (Å²) in [6, 6.07) is 0.774. The Morgan fingerprint density at radius 3 is 2.93 bits per heavy atom. The van der Waals surface area contributed by atoms with Crippen LogP contribution in [0, 0.1) is 0 Å². The van der Waals surface area contributed by atoms with Gasteiger partial charge >= 0.3 is 0 Å². The number of rotatable bonds is 2. The standard InChI is InChI=1S/C9H16N4O/c1-6(2)13-5-3-4-7(13)8-11-9(10)12-14-8/h6-7H,3-5H2,1-2H3,(H2,10,12). The van der Waals surface area contributed by atoms with Crippen LogP contribution in [0.15, 0.2) is 4.52 Å². The molecule has 1 saturated heterocycles. The molecule has 14 heavy (non-hydrogen) atoms. The van der Waals surface area contributed by atoms with Crippen LogP contribution >= 0.6 is 0 Å². The average Bonchev–Trinajstić information content (AvgIpc) is 2.70. The van der Waals surface area contributed by atoms with E-state index in [0.29, 0.717) is 11.9 Å². The van der Waals surface area contributed by atoms with E-state index in [2.05, 4.69) is 28.9 Å². The summed E-state index contributed by atoms with van der Waals surface area (Å²) in [5, 5.41) is 3.62. The molecule has 1 aromatic heterocycles. The van der Waals surface area contributed by atoms with Crippen molar-refractivity contribution >= 4 is 5.95 Å². The molecule has 5 nitrogen and oxygen atoms in total. The zero-order chi connectivity index (χ0) is 10.1. The molecule has 1 aliphatic rings. The van der Waals surface area contributed by atoms with Gasteiger partial charge in [0.1, 0.15) is 0 Å². The molecule has 2 N–H and O–H groups in total. The van der Waals surface area contributed by atoms with Crippen molar-refractivity contribution in [3.63, 3.8) is 0 Å². The summed E-state index contributed by atoms with van der Waals surface area (Å²) in [6.07, 6.45) is 2.27. The molecule has 0 saturated carbocycles. The molecule has 0 spiro atoms. The Balaban J connectivity index is 2.17. The van der Waals surface area contributed by atoms with Crippen molar-refractivity contribution in [2.75, 3.05) is 12.3 Å². The lowest BCUT2D eigenvalue weighted by atomic mass is 10.2. The van der Waals surface area contributed by atoms with E-state index in [-0.39, 0.29) is 12.0 Å². The predicted molar refractivity (Wildman–Crippen MR) is 52.5 cm³/mol. The van der Waals surface area contributed by atoms with E-state index in [4.69, 9.17) is 10.3 Å². The summed E-state index contributed by atoms with van der Waals surface area (Å²) < 4.78 is 5.10. The van der Waals surface area contributed by atoms with E-state index in [1.54, 1.807) is 0 Å². The van der Waals surface area contributed by atoms with Crippen molar-refractivity contribution in [2.24, 2.45) is 0 Å². The van der Waals surface area contributed by atoms with Gasteiger partial charge in [-0.15, -0.1) is 0 Å². The Kier molecular flexibility index (Phi) is 2.41. The van der Waals surface area contributed by atoms with Crippen LogP contribution in [-0.4, -0.2) is 27.6 Å². The minimum absolute atomic E-state index is 0.232. The van der Waals surface area contributed by atoms with Crippen LogP contribution in [0.1, 0.15) is 38.6 Å². The van der Waals surface area contributed by atoms with Crippen LogP contribution in [0.2, 0.25) is 0 Å². The molecule has 0 aromatic carbocycles. The smallest absolute Gasteiger partial charge is 0.260 e. The maximum Gasteiger partial charge on any atom is 0.260 e. The SMILES string of the molecule is CC(C)N1CCCC1c1nc(N)no1. The molecule has 1 atom stereocenters. The molecule has 1 unspecified atom stereocenters. The lowest BCUT2D eigenvalue weighted by Crippen LogP contribution is -2.30. The van der Waals surface area contributed by atoms with Gasteiger partial charge in [0.15, 0.2) is 0 Å². The summed E-state index contributed by atoms with van der Waals surface area (Å²) in [5.74, 6) is 0.893. The molecule has 78 valence electrons. The fraction of sp³-hybridized carbons (Fsp3) is 0.778. The van der Waals surface area contributed by atoms with Gasteiger partial charge in [0.2, 0.25) is 5.89 Å². The van der Waals surface area contributed by atoms with Gasteiger partial charge in [-0.1, -0.05) is 0 Å². The molecule has 5 heteroatoms. The average molecular weight is 196 g/mol. The van der Waals surface area contributed by atoms with Crippen molar-refractivity contribution in [3.05, 3.63) is 5.89 Å². The number of nitrogens with zero attached hydrogens (tertiary/aromatic N) is 3. The molecule has 1 aliphatic heterocycles. The van der Waals surface area contributed by atoms with E-state index in [1.165, 1.54) is 6.42 Å². The Labute approximate surface area is 83.3 Å². The predicted octanol–water partition coefficient (Wildman–Crippen LogP) is 1.20.